The molecule has 3 N–H and O–H groups in total. The average Bonchev–Trinajstić information content (AvgIpc) is 3.12. The molecule has 0 aliphatic heterocycles. The van der Waals surface area contributed by atoms with Crippen LogP contribution in [-0.2, 0) is 9.84 Å². The van der Waals surface area contributed by atoms with E-state index in [1.807, 2.05) is 0 Å². The molecule has 0 saturated heterocycles. The van der Waals surface area contributed by atoms with Gasteiger partial charge in [-0.05, 0) is 12.8 Å². The van der Waals surface area contributed by atoms with E-state index in [1.54, 1.807) is 13.0 Å². The third-order valence-electron chi connectivity index (χ3n) is 2.86. The molecule has 1 aromatic heterocycles. The monoisotopic (exact) mass is 270 g/mol. The van der Waals surface area contributed by atoms with Crippen LogP contribution in [0, 0.1) is 0 Å². The summed E-state index contributed by atoms with van der Waals surface area (Å²) in [6.45, 7) is 1.99. The second kappa shape index (κ2) is 5.09. The maximum atomic E-state index is 11.3. The Bertz CT molecular complexity index is 526. The first-order chi connectivity index (χ1) is 8.50. The minimum Gasteiger partial charge on any atom is -0.384 e. The van der Waals surface area contributed by atoms with Gasteiger partial charge in [-0.1, -0.05) is 6.92 Å². The highest BCUT2D eigenvalue weighted by Gasteiger charge is 2.27. The van der Waals surface area contributed by atoms with Crippen LogP contribution in [0.2, 0.25) is 0 Å². The molecular weight excluding hydrogens is 252 g/mol. The number of aromatic nitrogens is 2. The molecule has 1 aliphatic rings. The van der Waals surface area contributed by atoms with Crippen molar-refractivity contribution in [2.45, 2.75) is 25.7 Å². The number of hydrogen-bond acceptors (Lipinski definition) is 6. The summed E-state index contributed by atoms with van der Waals surface area (Å²) >= 11 is 0. The molecule has 0 aromatic carbocycles. The first kappa shape index (κ1) is 13.1. The second-order valence-electron chi connectivity index (χ2n) is 4.47. The fraction of sp³-hybridized carbons (Fsp3) is 0.636. The van der Waals surface area contributed by atoms with E-state index in [2.05, 4.69) is 15.3 Å². The average molecular weight is 270 g/mol. The first-order valence-electron chi connectivity index (χ1n) is 6.09. The maximum Gasteiger partial charge on any atom is 0.151 e. The number of nitrogens with one attached hydrogen (secondary N) is 1. The lowest BCUT2D eigenvalue weighted by atomic mass is 10.4. The predicted molar refractivity (Wildman–Crippen MR) is 71.2 cm³/mol. The van der Waals surface area contributed by atoms with Crippen molar-refractivity contribution in [3.8, 4) is 0 Å². The number of anilines is 2. The van der Waals surface area contributed by atoms with Crippen molar-refractivity contribution in [1.29, 1.82) is 0 Å². The second-order valence-corrected chi connectivity index (χ2v) is 6.95. The highest BCUT2D eigenvalue weighted by molar-refractivity contribution is 7.91. The van der Waals surface area contributed by atoms with E-state index in [9.17, 15) is 8.42 Å². The molecule has 0 spiro atoms. The zero-order valence-electron chi connectivity index (χ0n) is 10.4. The number of sulfone groups is 1. The number of hydrogen-bond donors (Lipinski definition) is 2. The summed E-state index contributed by atoms with van der Waals surface area (Å²) in [6, 6.07) is 1.63. The molecule has 1 aromatic rings. The standard InChI is InChI=1S/C11H18N4O2S/c1-2-18(16,17)6-5-13-10-7-9(12)14-11(15-10)8-3-4-8/h7-8H,2-6H2,1H3,(H3,12,13,14,15). The third-order valence-corrected chi connectivity index (χ3v) is 4.57. The molecule has 0 bridgehead atoms. The van der Waals surface area contributed by atoms with Gasteiger partial charge in [-0.15, -0.1) is 0 Å². The zero-order valence-corrected chi connectivity index (χ0v) is 11.2. The minimum absolute atomic E-state index is 0.103. The van der Waals surface area contributed by atoms with Crippen molar-refractivity contribution in [3.05, 3.63) is 11.9 Å². The van der Waals surface area contributed by atoms with Crippen LogP contribution in [-0.4, -0.2) is 36.4 Å². The molecule has 7 heteroatoms. The van der Waals surface area contributed by atoms with Crippen molar-refractivity contribution >= 4 is 21.5 Å². The minimum atomic E-state index is -2.95. The predicted octanol–water partition coefficient (Wildman–Crippen LogP) is 0.783. The van der Waals surface area contributed by atoms with Crippen LogP contribution in [0.1, 0.15) is 31.5 Å². The van der Waals surface area contributed by atoms with Crippen LogP contribution in [0.4, 0.5) is 11.6 Å². The summed E-state index contributed by atoms with van der Waals surface area (Å²) in [5, 5.41) is 2.99. The topological polar surface area (TPSA) is 98.0 Å². The van der Waals surface area contributed by atoms with E-state index in [0.717, 1.165) is 18.7 Å². The molecule has 0 radical (unpaired) electrons. The van der Waals surface area contributed by atoms with Crippen LogP contribution >= 0.6 is 0 Å². The SMILES string of the molecule is CCS(=O)(=O)CCNc1cc(N)nc(C2CC2)n1. The Morgan fingerprint density at radius 1 is 1.44 bits per heavy atom. The molecular formula is C11H18N4O2S. The fourth-order valence-electron chi connectivity index (χ4n) is 1.58. The summed E-state index contributed by atoms with van der Waals surface area (Å²) in [5.41, 5.74) is 5.70. The van der Waals surface area contributed by atoms with E-state index >= 15 is 0 Å². The van der Waals surface area contributed by atoms with Gasteiger partial charge >= 0.3 is 0 Å². The normalized spacial score (nSPS) is 15.6. The van der Waals surface area contributed by atoms with Gasteiger partial charge in [0.1, 0.15) is 17.5 Å². The van der Waals surface area contributed by atoms with Crippen molar-refractivity contribution < 1.29 is 8.42 Å². The van der Waals surface area contributed by atoms with Gasteiger partial charge in [0.05, 0.1) is 5.75 Å². The van der Waals surface area contributed by atoms with Gasteiger partial charge < -0.3 is 11.1 Å². The molecule has 0 amide bonds. The molecule has 1 fully saturated rings. The smallest absolute Gasteiger partial charge is 0.151 e. The van der Waals surface area contributed by atoms with Gasteiger partial charge in [-0.3, -0.25) is 0 Å². The molecule has 0 unspecified atom stereocenters. The van der Waals surface area contributed by atoms with E-state index < -0.39 is 9.84 Å². The number of nitrogens with two attached hydrogens (primary N) is 1. The van der Waals surface area contributed by atoms with E-state index in [-0.39, 0.29) is 11.5 Å². The molecule has 1 heterocycles. The lowest BCUT2D eigenvalue weighted by molar-refractivity contribution is 0.597. The van der Waals surface area contributed by atoms with E-state index in [4.69, 9.17) is 5.73 Å². The van der Waals surface area contributed by atoms with Crippen LogP contribution in [0.5, 0.6) is 0 Å². The van der Waals surface area contributed by atoms with Gasteiger partial charge in [0, 0.05) is 24.3 Å². The molecule has 0 atom stereocenters. The fourth-order valence-corrected chi connectivity index (χ4v) is 2.28. The van der Waals surface area contributed by atoms with E-state index in [1.165, 1.54) is 0 Å². The summed E-state index contributed by atoms with van der Waals surface area (Å²) in [6.07, 6.45) is 2.21. The molecule has 2 rings (SSSR count). The Labute approximate surface area is 107 Å². The van der Waals surface area contributed by atoms with Crippen LogP contribution in [0.15, 0.2) is 6.07 Å². The Morgan fingerprint density at radius 3 is 2.78 bits per heavy atom. The van der Waals surface area contributed by atoms with E-state index in [0.29, 0.717) is 24.1 Å². The summed E-state index contributed by atoms with van der Waals surface area (Å²) in [4.78, 5) is 8.52. The Balaban J connectivity index is 1.97. The number of nitrogens with zero attached hydrogens (tertiary/aromatic N) is 2. The maximum absolute atomic E-state index is 11.3. The largest absolute Gasteiger partial charge is 0.384 e. The molecule has 18 heavy (non-hydrogen) atoms. The molecule has 100 valence electrons. The lowest BCUT2D eigenvalue weighted by Gasteiger charge is -2.08. The molecule has 1 aliphatic carbocycles. The highest BCUT2D eigenvalue weighted by atomic mass is 32.2. The molecule has 1 saturated carbocycles. The van der Waals surface area contributed by atoms with Gasteiger partial charge in [-0.25, -0.2) is 18.4 Å². The Morgan fingerprint density at radius 2 is 2.17 bits per heavy atom. The quantitative estimate of drug-likeness (QED) is 0.792. The highest BCUT2D eigenvalue weighted by Crippen LogP contribution is 2.38. The lowest BCUT2D eigenvalue weighted by Crippen LogP contribution is -2.18. The summed E-state index contributed by atoms with van der Waals surface area (Å²) < 4.78 is 22.7. The van der Waals surface area contributed by atoms with Crippen LogP contribution in [0.25, 0.3) is 0 Å². The van der Waals surface area contributed by atoms with Crippen molar-refractivity contribution in [2.75, 3.05) is 29.1 Å². The van der Waals surface area contributed by atoms with Gasteiger partial charge in [-0.2, -0.15) is 0 Å². The van der Waals surface area contributed by atoms with Crippen LogP contribution in [0.3, 0.4) is 0 Å². The number of nitrogen functional groups attached to an aromatic ring is 1. The van der Waals surface area contributed by atoms with Crippen molar-refractivity contribution in [2.24, 2.45) is 0 Å². The summed E-state index contributed by atoms with van der Waals surface area (Å²) in [5.74, 6) is 2.48. The third kappa shape index (κ3) is 3.56. The Kier molecular flexibility index (Phi) is 3.70. The van der Waals surface area contributed by atoms with Crippen molar-refractivity contribution in [1.82, 2.24) is 9.97 Å². The first-order valence-corrected chi connectivity index (χ1v) is 7.91. The van der Waals surface area contributed by atoms with Gasteiger partial charge in [0.15, 0.2) is 9.84 Å². The zero-order chi connectivity index (χ0) is 13.2. The number of rotatable bonds is 6. The van der Waals surface area contributed by atoms with Crippen LogP contribution < -0.4 is 11.1 Å². The van der Waals surface area contributed by atoms with Crippen molar-refractivity contribution in [3.63, 3.8) is 0 Å². The van der Waals surface area contributed by atoms with Gasteiger partial charge in [0.25, 0.3) is 0 Å². The molecule has 6 nitrogen and oxygen atoms in total. The summed E-state index contributed by atoms with van der Waals surface area (Å²) in [7, 11) is -2.95. The van der Waals surface area contributed by atoms with Gasteiger partial charge in [0.2, 0.25) is 0 Å². The Hall–Kier alpha value is -1.37.